The van der Waals surface area contributed by atoms with E-state index < -0.39 is 41.1 Å². The highest BCUT2D eigenvalue weighted by molar-refractivity contribution is 6.31. The number of Topliss-reactive ketones (excluding diaryl/α,β-unsaturated/α-hetero) is 1. The number of amides is 1. The van der Waals surface area contributed by atoms with Gasteiger partial charge in [-0.1, -0.05) is 62.2 Å². The molecular formula is C32H36Cl2F2N4O2. The highest BCUT2D eigenvalue weighted by Crippen LogP contribution is 2.50. The molecule has 3 aromatic rings. The Bertz CT molecular complexity index is 1480. The van der Waals surface area contributed by atoms with E-state index in [9.17, 15) is 9.59 Å². The standard InChI is InChI=1S/C32H36Cl2F2N4O2/c1-31(2,3)16-26-32(37,22-14-11-19(33)15-24(22)35)27(21-7-6-8-23(34)28(21)36)29(39-26)30(42)38-20-12-9-18(10-13-20)25(41)17-40(4)5/h6-15,26-27,29,39H,16-17,37H2,1-5H3,(H,38,42). The third kappa shape index (κ3) is 6.68. The fourth-order valence-corrected chi connectivity index (χ4v) is 6.08. The number of halogens is 4. The highest BCUT2D eigenvalue weighted by Gasteiger charge is 2.58. The molecule has 0 aromatic heterocycles. The van der Waals surface area contributed by atoms with Crippen molar-refractivity contribution in [3.8, 4) is 0 Å². The molecule has 0 spiro atoms. The van der Waals surface area contributed by atoms with Gasteiger partial charge in [-0.2, -0.15) is 0 Å². The minimum Gasteiger partial charge on any atom is -0.325 e. The molecule has 0 bridgehead atoms. The van der Waals surface area contributed by atoms with Gasteiger partial charge in [-0.25, -0.2) is 8.78 Å². The van der Waals surface area contributed by atoms with Crippen molar-refractivity contribution in [2.45, 2.75) is 50.7 Å². The molecule has 42 heavy (non-hydrogen) atoms. The van der Waals surface area contributed by atoms with Crippen LogP contribution in [0.25, 0.3) is 0 Å². The van der Waals surface area contributed by atoms with Gasteiger partial charge in [-0.15, -0.1) is 0 Å². The van der Waals surface area contributed by atoms with Gasteiger partial charge >= 0.3 is 0 Å². The molecule has 1 amide bonds. The number of carbonyl (C=O) groups excluding carboxylic acids is 2. The lowest BCUT2D eigenvalue weighted by molar-refractivity contribution is -0.118. The van der Waals surface area contributed by atoms with Crippen LogP contribution in [0.15, 0.2) is 60.7 Å². The summed E-state index contributed by atoms with van der Waals surface area (Å²) in [5.41, 5.74) is 6.50. The molecular weight excluding hydrogens is 581 g/mol. The predicted molar refractivity (Wildman–Crippen MR) is 164 cm³/mol. The molecule has 0 radical (unpaired) electrons. The maximum atomic E-state index is 15.7. The Kier molecular flexibility index (Phi) is 9.45. The summed E-state index contributed by atoms with van der Waals surface area (Å²) in [7, 11) is 3.61. The number of carbonyl (C=O) groups is 2. The summed E-state index contributed by atoms with van der Waals surface area (Å²) in [5.74, 6) is -2.99. The number of benzene rings is 3. The lowest BCUT2D eigenvalue weighted by Gasteiger charge is -2.40. The van der Waals surface area contributed by atoms with E-state index in [2.05, 4.69) is 10.6 Å². The second-order valence-electron chi connectivity index (χ2n) is 12.4. The van der Waals surface area contributed by atoms with Gasteiger partial charge in [0.05, 0.1) is 23.1 Å². The smallest absolute Gasteiger partial charge is 0.242 e. The van der Waals surface area contributed by atoms with E-state index in [4.69, 9.17) is 28.9 Å². The molecule has 1 fully saturated rings. The molecule has 1 heterocycles. The van der Waals surface area contributed by atoms with Gasteiger partial charge in [-0.3, -0.25) is 9.59 Å². The largest absolute Gasteiger partial charge is 0.325 e. The van der Waals surface area contributed by atoms with Crippen molar-refractivity contribution in [2.75, 3.05) is 26.0 Å². The van der Waals surface area contributed by atoms with Crippen LogP contribution in [0, 0.1) is 17.0 Å². The molecule has 4 atom stereocenters. The van der Waals surface area contributed by atoms with Gasteiger partial charge in [0.15, 0.2) is 5.78 Å². The minimum atomic E-state index is -1.57. The van der Waals surface area contributed by atoms with E-state index in [0.29, 0.717) is 17.7 Å². The van der Waals surface area contributed by atoms with Crippen molar-refractivity contribution in [3.05, 3.63) is 99.0 Å². The van der Waals surface area contributed by atoms with Crippen LogP contribution in [0.4, 0.5) is 14.5 Å². The average Bonchev–Trinajstić information content (AvgIpc) is 3.16. The summed E-state index contributed by atoms with van der Waals surface area (Å²) in [6, 6.07) is 13.5. The van der Waals surface area contributed by atoms with Crippen LogP contribution in [0.5, 0.6) is 0 Å². The van der Waals surface area contributed by atoms with Crippen LogP contribution >= 0.6 is 23.2 Å². The van der Waals surface area contributed by atoms with Crippen molar-refractivity contribution in [2.24, 2.45) is 11.1 Å². The maximum absolute atomic E-state index is 15.7. The molecule has 1 aliphatic heterocycles. The topological polar surface area (TPSA) is 87.5 Å². The Labute approximate surface area is 255 Å². The van der Waals surface area contributed by atoms with Crippen LogP contribution in [0.1, 0.15) is 54.6 Å². The van der Waals surface area contributed by atoms with Crippen LogP contribution in [-0.4, -0.2) is 49.3 Å². The number of likely N-dealkylation sites (N-methyl/N-ethyl adjacent to an activating group) is 1. The lowest BCUT2D eigenvalue weighted by atomic mass is 9.68. The summed E-state index contributed by atoms with van der Waals surface area (Å²) in [6.07, 6.45) is 0.441. The van der Waals surface area contributed by atoms with Gasteiger partial charge in [0.2, 0.25) is 5.91 Å². The number of anilines is 1. The molecule has 4 N–H and O–H groups in total. The Balaban J connectivity index is 1.80. The molecule has 0 saturated carbocycles. The van der Waals surface area contributed by atoms with Gasteiger partial charge in [0.25, 0.3) is 0 Å². The first-order chi connectivity index (χ1) is 19.6. The molecule has 1 saturated heterocycles. The monoisotopic (exact) mass is 616 g/mol. The Morgan fingerprint density at radius 3 is 2.31 bits per heavy atom. The van der Waals surface area contributed by atoms with E-state index in [1.807, 2.05) is 20.8 Å². The molecule has 224 valence electrons. The van der Waals surface area contributed by atoms with Crippen molar-refractivity contribution in [1.82, 2.24) is 10.2 Å². The predicted octanol–water partition coefficient (Wildman–Crippen LogP) is 6.37. The fraction of sp³-hybridized carbons (Fsp3) is 0.375. The quantitative estimate of drug-likeness (QED) is 0.256. The van der Waals surface area contributed by atoms with E-state index in [1.54, 1.807) is 49.3 Å². The third-order valence-electron chi connectivity index (χ3n) is 7.55. The van der Waals surface area contributed by atoms with Crippen molar-refractivity contribution in [3.63, 3.8) is 0 Å². The molecule has 4 rings (SSSR count). The Morgan fingerprint density at radius 2 is 1.71 bits per heavy atom. The Hall–Kier alpha value is -2.88. The average molecular weight is 618 g/mol. The number of hydrogen-bond donors (Lipinski definition) is 3. The van der Waals surface area contributed by atoms with E-state index in [0.717, 1.165) is 6.07 Å². The minimum absolute atomic E-state index is 0.0604. The number of nitrogens with zero attached hydrogens (tertiary/aromatic N) is 1. The molecule has 1 aliphatic rings. The van der Waals surface area contributed by atoms with Gasteiger partial charge in [-0.05, 0) is 74.0 Å². The molecule has 4 unspecified atom stereocenters. The molecule has 10 heteroatoms. The summed E-state index contributed by atoms with van der Waals surface area (Å²) in [6.45, 7) is 6.28. The van der Waals surface area contributed by atoms with Crippen LogP contribution in [0.2, 0.25) is 10.0 Å². The van der Waals surface area contributed by atoms with Gasteiger partial charge < -0.3 is 21.3 Å². The third-order valence-corrected chi connectivity index (χ3v) is 8.08. The van der Waals surface area contributed by atoms with Gasteiger partial charge in [0.1, 0.15) is 11.6 Å². The number of nitrogens with one attached hydrogen (secondary N) is 2. The Morgan fingerprint density at radius 1 is 1.05 bits per heavy atom. The second kappa shape index (κ2) is 12.4. The normalized spacial score (nSPS) is 22.4. The van der Waals surface area contributed by atoms with E-state index >= 15 is 8.78 Å². The first-order valence-corrected chi connectivity index (χ1v) is 14.4. The number of nitrogens with two attached hydrogens (primary N) is 1. The van der Waals surface area contributed by atoms with Crippen LogP contribution in [0.3, 0.4) is 0 Å². The maximum Gasteiger partial charge on any atom is 0.242 e. The zero-order valence-corrected chi connectivity index (χ0v) is 25.8. The van der Waals surface area contributed by atoms with E-state index in [1.165, 1.54) is 24.3 Å². The van der Waals surface area contributed by atoms with E-state index in [-0.39, 0.29) is 38.9 Å². The number of ketones is 1. The lowest BCUT2D eigenvalue weighted by Crippen LogP contribution is -2.52. The zero-order chi connectivity index (χ0) is 31.0. The zero-order valence-electron chi connectivity index (χ0n) is 24.3. The highest BCUT2D eigenvalue weighted by atomic mass is 35.5. The summed E-state index contributed by atoms with van der Waals surface area (Å²) in [5, 5.41) is 6.26. The van der Waals surface area contributed by atoms with Crippen molar-refractivity contribution in [1.29, 1.82) is 0 Å². The van der Waals surface area contributed by atoms with Crippen molar-refractivity contribution < 1.29 is 18.4 Å². The number of rotatable bonds is 8. The van der Waals surface area contributed by atoms with Crippen LogP contribution < -0.4 is 16.4 Å². The second-order valence-corrected chi connectivity index (χ2v) is 13.2. The summed E-state index contributed by atoms with van der Waals surface area (Å²) in [4.78, 5) is 28.2. The SMILES string of the molecule is CN(C)CC(=O)c1ccc(NC(=O)C2NC(CC(C)(C)C)C(N)(c3ccc(Cl)cc3F)C2c2cccc(Cl)c2F)cc1. The molecule has 0 aliphatic carbocycles. The fourth-order valence-electron chi connectivity index (χ4n) is 5.74. The molecule has 3 aromatic carbocycles. The number of hydrogen-bond acceptors (Lipinski definition) is 5. The summed E-state index contributed by atoms with van der Waals surface area (Å²) < 4.78 is 31.4. The van der Waals surface area contributed by atoms with Crippen molar-refractivity contribution >= 4 is 40.6 Å². The first kappa shape index (κ1) is 32.0. The summed E-state index contributed by atoms with van der Waals surface area (Å²) >= 11 is 12.3. The molecule has 6 nitrogen and oxygen atoms in total. The van der Waals surface area contributed by atoms with Gasteiger partial charge in [0, 0.05) is 33.8 Å². The first-order valence-electron chi connectivity index (χ1n) is 13.6. The van der Waals surface area contributed by atoms with Crippen LogP contribution in [-0.2, 0) is 10.3 Å².